The fourth-order valence-corrected chi connectivity index (χ4v) is 7.82. The van der Waals surface area contributed by atoms with E-state index in [1.165, 1.54) is 35.2 Å². The van der Waals surface area contributed by atoms with E-state index < -0.39 is 16.0 Å². The van der Waals surface area contributed by atoms with Gasteiger partial charge in [0.15, 0.2) is 0 Å². The van der Waals surface area contributed by atoms with Crippen molar-refractivity contribution >= 4 is 50.0 Å². The van der Waals surface area contributed by atoms with Crippen LogP contribution in [0, 0.1) is 5.92 Å². The Morgan fingerprint density at radius 3 is 2.60 bits per heavy atom. The van der Waals surface area contributed by atoms with Crippen LogP contribution in [-0.2, 0) is 27.6 Å². The summed E-state index contributed by atoms with van der Waals surface area (Å²) in [6.45, 7) is 5.47. The molecule has 4 rings (SSSR count). The Hall–Kier alpha value is -2.04. The predicted molar refractivity (Wildman–Crippen MR) is 140 cm³/mol. The number of thiophene rings is 1. The van der Waals surface area contributed by atoms with Gasteiger partial charge in [-0.3, -0.25) is 9.52 Å². The molecule has 190 valence electrons. The molecule has 1 saturated heterocycles. The van der Waals surface area contributed by atoms with Crippen molar-refractivity contribution in [3.63, 3.8) is 0 Å². The molecule has 0 saturated carbocycles. The van der Waals surface area contributed by atoms with E-state index in [2.05, 4.69) is 11.6 Å². The number of anilines is 1. The first-order valence-electron chi connectivity index (χ1n) is 12.1. The number of aryl methyl sites for hydroxylation is 1. The minimum atomic E-state index is -4.03. The van der Waals surface area contributed by atoms with Gasteiger partial charge in [-0.15, -0.1) is 23.1 Å². The molecule has 0 radical (unpaired) electrons. The molecule has 0 bridgehead atoms. The van der Waals surface area contributed by atoms with Crippen LogP contribution in [0.5, 0.6) is 0 Å². The van der Waals surface area contributed by atoms with Crippen LogP contribution >= 0.6 is 23.1 Å². The van der Waals surface area contributed by atoms with Crippen LogP contribution in [-0.4, -0.2) is 51.1 Å². The van der Waals surface area contributed by atoms with E-state index in [1.807, 2.05) is 11.2 Å². The molecular weight excluding hydrogens is 504 g/mol. The second kappa shape index (κ2) is 10.9. The van der Waals surface area contributed by atoms with Gasteiger partial charge in [-0.25, -0.2) is 13.2 Å². The average molecular weight is 537 g/mol. The van der Waals surface area contributed by atoms with E-state index in [0.717, 1.165) is 53.9 Å². The average Bonchev–Trinajstić information content (AvgIpc) is 3.21. The number of piperidine rings is 1. The van der Waals surface area contributed by atoms with Crippen LogP contribution in [0.1, 0.15) is 70.7 Å². The van der Waals surface area contributed by atoms with Crippen LogP contribution < -0.4 is 4.72 Å². The molecule has 1 aliphatic carbocycles. The third-order valence-corrected chi connectivity index (χ3v) is 10.1. The van der Waals surface area contributed by atoms with Crippen molar-refractivity contribution in [2.75, 3.05) is 30.7 Å². The van der Waals surface area contributed by atoms with Gasteiger partial charge in [-0.1, -0.05) is 6.92 Å². The standard InChI is InChI=1S/C25H32N2O5S3/c1-4-32-25(29)22-18-7-5-6-8-21(18)34-23(22)26-35(30,31)17-9-10-20(33-3)19(15-17)24(28)27-13-11-16(2)12-14-27/h9-10,15-16,26H,4-8,11-14H2,1-3H3. The van der Waals surface area contributed by atoms with Crippen molar-refractivity contribution in [2.24, 2.45) is 5.92 Å². The molecule has 1 aromatic carbocycles. The van der Waals surface area contributed by atoms with E-state index in [9.17, 15) is 18.0 Å². The third-order valence-electron chi connectivity index (χ3n) is 6.66. The maximum absolute atomic E-state index is 13.5. The number of nitrogens with one attached hydrogen (secondary N) is 1. The number of sulfonamides is 1. The zero-order valence-corrected chi connectivity index (χ0v) is 22.8. The Kier molecular flexibility index (Phi) is 8.12. The number of nitrogens with zero attached hydrogens (tertiary/aromatic N) is 1. The highest BCUT2D eigenvalue weighted by atomic mass is 32.2. The molecule has 0 atom stereocenters. The van der Waals surface area contributed by atoms with Crippen LogP contribution in [0.2, 0.25) is 0 Å². The second-order valence-electron chi connectivity index (χ2n) is 9.08. The largest absolute Gasteiger partial charge is 0.462 e. The minimum absolute atomic E-state index is 0.00482. The molecule has 7 nitrogen and oxygen atoms in total. The van der Waals surface area contributed by atoms with E-state index in [1.54, 1.807) is 13.0 Å². The number of esters is 1. The first kappa shape index (κ1) is 26.0. The predicted octanol–water partition coefficient (Wildman–Crippen LogP) is 5.20. The van der Waals surface area contributed by atoms with Crippen molar-refractivity contribution in [2.45, 2.75) is 62.2 Å². The number of rotatable bonds is 7. The number of ether oxygens (including phenoxy) is 1. The number of likely N-dealkylation sites (tertiary alicyclic amines) is 1. The summed E-state index contributed by atoms with van der Waals surface area (Å²) < 4.78 is 34.8. The number of thioether (sulfide) groups is 1. The summed E-state index contributed by atoms with van der Waals surface area (Å²) in [6, 6.07) is 4.66. The summed E-state index contributed by atoms with van der Waals surface area (Å²) in [7, 11) is -4.03. The van der Waals surface area contributed by atoms with E-state index in [0.29, 0.717) is 35.1 Å². The highest BCUT2D eigenvalue weighted by Gasteiger charge is 2.30. The highest BCUT2D eigenvalue weighted by Crippen LogP contribution is 2.40. The van der Waals surface area contributed by atoms with E-state index in [4.69, 9.17) is 4.74 Å². The molecule has 2 heterocycles. The van der Waals surface area contributed by atoms with Crippen LogP contribution in [0.25, 0.3) is 0 Å². The summed E-state index contributed by atoms with van der Waals surface area (Å²) in [5.41, 5.74) is 1.62. The van der Waals surface area contributed by atoms with Gasteiger partial charge >= 0.3 is 5.97 Å². The number of amides is 1. The van der Waals surface area contributed by atoms with E-state index >= 15 is 0 Å². The van der Waals surface area contributed by atoms with Gasteiger partial charge in [0.2, 0.25) is 0 Å². The van der Waals surface area contributed by atoms with Crippen molar-refractivity contribution in [1.29, 1.82) is 0 Å². The van der Waals surface area contributed by atoms with Gasteiger partial charge in [-0.2, -0.15) is 0 Å². The molecule has 35 heavy (non-hydrogen) atoms. The molecule has 1 aromatic heterocycles. The van der Waals surface area contributed by atoms with Crippen molar-refractivity contribution in [1.82, 2.24) is 4.90 Å². The lowest BCUT2D eigenvalue weighted by atomic mass is 9.95. The molecular formula is C25H32N2O5S3. The minimum Gasteiger partial charge on any atom is -0.462 e. The normalized spacial score (nSPS) is 16.6. The fourth-order valence-electron chi connectivity index (χ4n) is 4.64. The maximum Gasteiger partial charge on any atom is 0.341 e. The number of hydrogen-bond donors (Lipinski definition) is 1. The van der Waals surface area contributed by atoms with Crippen LogP contribution in [0.15, 0.2) is 28.0 Å². The number of hydrogen-bond acceptors (Lipinski definition) is 7. The summed E-state index contributed by atoms with van der Waals surface area (Å²) in [4.78, 5) is 29.6. The Labute approximate surface area is 215 Å². The van der Waals surface area contributed by atoms with Crippen LogP contribution in [0.3, 0.4) is 0 Å². The third kappa shape index (κ3) is 5.54. The van der Waals surface area contributed by atoms with Crippen molar-refractivity contribution in [3.05, 3.63) is 39.8 Å². The molecule has 1 amide bonds. The van der Waals surface area contributed by atoms with Gasteiger partial charge < -0.3 is 9.64 Å². The maximum atomic E-state index is 13.5. The molecule has 1 aliphatic heterocycles. The highest BCUT2D eigenvalue weighted by molar-refractivity contribution is 7.98. The lowest BCUT2D eigenvalue weighted by molar-refractivity contribution is 0.0526. The number of carbonyl (C=O) groups excluding carboxylic acids is 2. The molecule has 2 aromatic rings. The van der Waals surface area contributed by atoms with Gasteiger partial charge in [0.25, 0.3) is 15.9 Å². The van der Waals surface area contributed by atoms with Gasteiger partial charge in [0.1, 0.15) is 5.00 Å². The van der Waals surface area contributed by atoms with Gasteiger partial charge in [0, 0.05) is 22.9 Å². The molecule has 0 unspecified atom stereocenters. The summed E-state index contributed by atoms with van der Waals surface area (Å²) in [5, 5.41) is 0.294. The zero-order valence-electron chi connectivity index (χ0n) is 20.4. The Balaban J connectivity index is 1.67. The van der Waals surface area contributed by atoms with Crippen LogP contribution in [0.4, 0.5) is 5.00 Å². The van der Waals surface area contributed by atoms with Crippen molar-refractivity contribution in [3.8, 4) is 0 Å². The lowest BCUT2D eigenvalue weighted by Crippen LogP contribution is -2.38. The Morgan fingerprint density at radius 2 is 1.91 bits per heavy atom. The summed E-state index contributed by atoms with van der Waals surface area (Å²) >= 11 is 2.73. The molecule has 0 spiro atoms. The fraction of sp³-hybridized carbons (Fsp3) is 0.520. The molecule has 1 fully saturated rings. The summed E-state index contributed by atoms with van der Waals surface area (Å²) in [6.07, 6.45) is 7.29. The zero-order chi connectivity index (χ0) is 25.2. The number of fused-ring (bicyclic) bond motifs is 1. The first-order valence-corrected chi connectivity index (χ1v) is 15.6. The van der Waals surface area contributed by atoms with E-state index in [-0.39, 0.29) is 17.4 Å². The Bertz CT molecular complexity index is 1210. The molecule has 1 N–H and O–H groups in total. The monoisotopic (exact) mass is 536 g/mol. The van der Waals surface area contributed by atoms with Crippen molar-refractivity contribution < 1.29 is 22.7 Å². The summed E-state index contributed by atoms with van der Waals surface area (Å²) in [5.74, 6) is -0.0604. The topological polar surface area (TPSA) is 92.8 Å². The Morgan fingerprint density at radius 1 is 1.20 bits per heavy atom. The lowest BCUT2D eigenvalue weighted by Gasteiger charge is -2.30. The number of benzene rings is 1. The quantitative estimate of drug-likeness (QED) is 0.386. The number of carbonyl (C=O) groups is 2. The SMILES string of the molecule is CCOC(=O)c1c(NS(=O)(=O)c2ccc(SC)c(C(=O)N3CCC(C)CC3)c2)sc2c1CCCC2. The second-order valence-corrected chi connectivity index (χ2v) is 12.7. The smallest absolute Gasteiger partial charge is 0.341 e. The molecule has 10 heteroatoms. The first-order chi connectivity index (χ1) is 16.7. The molecule has 2 aliphatic rings. The van der Waals surface area contributed by atoms with Gasteiger partial charge in [0.05, 0.1) is 22.6 Å². The van der Waals surface area contributed by atoms with Gasteiger partial charge in [-0.05, 0) is 81.4 Å².